The Morgan fingerprint density at radius 3 is 1.29 bits per heavy atom. The molecule has 0 saturated carbocycles. The molecule has 5 aromatic rings. The SMILES string of the molecule is Cc1cc2ccccc2[cH-]1.Cc1cc2ccccc2[cH-]1.[CH3-].[CH3-].[CH3-].[Si]=[Ti].[c-]1ccccc1. The van der Waals surface area contributed by atoms with Crippen LogP contribution in [0.3, 0.4) is 0 Å². The van der Waals surface area contributed by atoms with Gasteiger partial charge >= 0.3 is 26.8 Å². The molecule has 0 unspecified atom stereocenters. The van der Waals surface area contributed by atoms with Crippen LogP contribution in [0.5, 0.6) is 0 Å². The fourth-order valence-electron chi connectivity index (χ4n) is 2.95. The normalized spacial score (nSPS) is 8.42. The average molecular weight is 457 g/mol. The van der Waals surface area contributed by atoms with E-state index >= 15 is 0 Å². The van der Waals surface area contributed by atoms with Crippen molar-refractivity contribution in [2.45, 2.75) is 13.8 Å². The van der Waals surface area contributed by atoms with E-state index in [0.29, 0.717) is 0 Å². The predicted octanol–water partition coefficient (Wildman–Crippen LogP) is 8.19. The Labute approximate surface area is 204 Å². The number of benzene rings is 3. The number of rotatable bonds is 0. The molecule has 0 aromatic heterocycles. The first-order chi connectivity index (χ1) is 13.7. The van der Waals surface area contributed by atoms with Gasteiger partial charge in [0.05, 0.1) is 0 Å². The average Bonchev–Trinajstić information content (AvgIpc) is 3.32. The zero-order valence-corrected chi connectivity index (χ0v) is 21.9. The summed E-state index contributed by atoms with van der Waals surface area (Å²) in [5, 5.41) is 5.39. The molecule has 0 spiro atoms. The molecule has 5 aromatic carbocycles. The van der Waals surface area contributed by atoms with E-state index in [1.807, 2.05) is 30.3 Å². The van der Waals surface area contributed by atoms with Crippen molar-refractivity contribution in [1.29, 1.82) is 0 Å². The monoisotopic (exact) mass is 456 g/mol. The molecular formula is C29H32SiTi-6. The zero-order valence-electron chi connectivity index (χ0n) is 19.3. The minimum absolute atomic E-state index is 0. The molecule has 0 fully saturated rings. The predicted molar refractivity (Wildman–Crippen MR) is 139 cm³/mol. The van der Waals surface area contributed by atoms with Gasteiger partial charge in [-0.15, -0.1) is 81.2 Å². The Morgan fingerprint density at radius 2 is 1.00 bits per heavy atom. The molecule has 5 rings (SSSR count). The van der Waals surface area contributed by atoms with Crippen molar-refractivity contribution < 1.29 is 19.2 Å². The van der Waals surface area contributed by atoms with Crippen LogP contribution in [0.25, 0.3) is 21.5 Å². The summed E-state index contributed by atoms with van der Waals surface area (Å²) in [6.45, 7) is 4.25. The Hall–Kier alpha value is -2.19. The van der Waals surface area contributed by atoms with E-state index in [0.717, 1.165) is 0 Å². The molecule has 0 heterocycles. The number of fused-ring (bicyclic) bond motifs is 2. The zero-order chi connectivity index (χ0) is 20.2. The van der Waals surface area contributed by atoms with E-state index in [1.165, 1.54) is 32.7 Å². The van der Waals surface area contributed by atoms with Crippen molar-refractivity contribution in [2.24, 2.45) is 0 Å². The molecule has 2 radical (unpaired) electrons. The van der Waals surface area contributed by atoms with Crippen LogP contribution < -0.4 is 0 Å². The van der Waals surface area contributed by atoms with Crippen LogP contribution in [-0.2, 0) is 19.2 Å². The van der Waals surface area contributed by atoms with Crippen molar-refractivity contribution in [1.82, 2.24) is 0 Å². The van der Waals surface area contributed by atoms with E-state index in [2.05, 4.69) is 100 Å². The van der Waals surface area contributed by atoms with Crippen LogP contribution in [-0.4, -0.2) is 7.63 Å². The second kappa shape index (κ2) is 17.5. The van der Waals surface area contributed by atoms with Gasteiger partial charge in [0.25, 0.3) is 0 Å². The molecule has 0 saturated heterocycles. The maximum Gasteiger partial charge on any atom is -0.171 e. The summed E-state index contributed by atoms with van der Waals surface area (Å²) in [4.78, 5) is 0. The van der Waals surface area contributed by atoms with E-state index in [1.54, 1.807) is 19.2 Å². The summed E-state index contributed by atoms with van der Waals surface area (Å²) in [6, 6.07) is 38.2. The Kier molecular flexibility index (Phi) is 17.5. The summed E-state index contributed by atoms with van der Waals surface area (Å²) in [5.41, 5.74) is 2.70. The van der Waals surface area contributed by atoms with Gasteiger partial charge in [-0.3, -0.25) is 0 Å². The summed E-state index contributed by atoms with van der Waals surface area (Å²) >= 11 is 1.81. The number of hydrogen-bond donors (Lipinski definition) is 0. The second-order valence-electron chi connectivity index (χ2n) is 6.40. The fraction of sp³-hybridized carbons (Fsp3) is 0.0690. The standard InChI is InChI=1S/2C10H9.C6H5.3CH3.Si.Ti/c2*1-8-6-9-4-2-3-5-10(9)7-8;1-2-4-6-5-3-1;;;;;/h2*2-7H,1H3;1-5H;3*1H3;;/q6*-1;;. The van der Waals surface area contributed by atoms with Crippen LogP contribution in [0.15, 0.2) is 103 Å². The maximum atomic E-state index is 2.97. The van der Waals surface area contributed by atoms with E-state index in [-0.39, 0.29) is 22.3 Å². The van der Waals surface area contributed by atoms with Crippen molar-refractivity contribution in [2.75, 3.05) is 0 Å². The topological polar surface area (TPSA) is 0 Å². The molecule has 0 N–H and O–H groups in total. The quantitative estimate of drug-likeness (QED) is 0.163. The third kappa shape index (κ3) is 10.6. The first-order valence-electron chi connectivity index (χ1n) is 9.12. The van der Waals surface area contributed by atoms with Gasteiger partial charge in [-0.25, -0.2) is 0 Å². The van der Waals surface area contributed by atoms with Crippen LogP contribution >= 0.6 is 0 Å². The molecule has 0 aliphatic rings. The summed E-state index contributed by atoms with van der Waals surface area (Å²) < 4.78 is 0. The molecule has 0 bridgehead atoms. The third-order valence-electron chi connectivity index (χ3n) is 4.13. The molecule has 0 nitrogen and oxygen atoms in total. The van der Waals surface area contributed by atoms with Gasteiger partial charge in [-0.1, -0.05) is 26.0 Å². The van der Waals surface area contributed by atoms with Gasteiger partial charge in [0.15, 0.2) is 0 Å². The molecule has 0 amide bonds. The largest absolute Gasteiger partial charge is 0.184 e. The van der Waals surface area contributed by atoms with Crippen LogP contribution in [0.2, 0.25) is 0 Å². The maximum absolute atomic E-state index is 2.97. The first kappa shape index (κ1) is 31.0. The summed E-state index contributed by atoms with van der Waals surface area (Å²) in [5.74, 6) is 0. The van der Waals surface area contributed by atoms with Crippen LogP contribution in [0.1, 0.15) is 11.1 Å². The van der Waals surface area contributed by atoms with Gasteiger partial charge in [-0.05, 0) is 0 Å². The van der Waals surface area contributed by atoms with Gasteiger partial charge in [-0.2, -0.15) is 48.5 Å². The Bertz CT molecular complexity index is 909. The third-order valence-corrected chi connectivity index (χ3v) is 4.13. The van der Waals surface area contributed by atoms with Crippen LogP contribution in [0.4, 0.5) is 0 Å². The van der Waals surface area contributed by atoms with E-state index in [4.69, 9.17) is 0 Å². The van der Waals surface area contributed by atoms with Crippen molar-refractivity contribution in [3.63, 3.8) is 0 Å². The molecule has 0 aliphatic carbocycles. The summed E-state index contributed by atoms with van der Waals surface area (Å²) in [6.07, 6.45) is 0. The van der Waals surface area contributed by atoms with E-state index in [9.17, 15) is 0 Å². The molecular weight excluding hydrogens is 424 g/mol. The first-order valence-corrected chi connectivity index (χ1v) is 12.0. The van der Waals surface area contributed by atoms with Crippen molar-refractivity contribution >= 4 is 29.2 Å². The van der Waals surface area contributed by atoms with E-state index < -0.39 is 0 Å². The Morgan fingerprint density at radius 1 is 0.613 bits per heavy atom. The fourth-order valence-corrected chi connectivity index (χ4v) is 2.95. The van der Waals surface area contributed by atoms with Crippen molar-refractivity contribution in [3.8, 4) is 0 Å². The molecule has 0 aliphatic heterocycles. The smallest absolute Gasteiger partial charge is 0.171 e. The van der Waals surface area contributed by atoms with Gasteiger partial charge in [0, 0.05) is 0 Å². The minimum Gasteiger partial charge on any atom is -0.184 e. The van der Waals surface area contributed by atoms with Gasteiger partial charge < -0.3 is 22.3 Å². The van der Waals surface area contributed by atoms with Gasteiger partial charge in [0.2, 0.25) is 0 Å². The summed E-state index contributed by atoms with van der Waals surface area (Å²) in [7, 11) is 2.97. The van der Waals surface area contributed by atoms with Crippen molar-refractivity contribution in [3.05, 3.63) is 143 Å². The van der Waals surface area contributed by atoms with Gasteiger partial charge in [0.1, 0.15) is 0 Å². The molecule has 31 heavy (non-hydrogen) atoms. The minimum atomic E-state index is 0. The number of hydrogen-bond acceptors (Lipinski definition) is 0. The van der Waals surface area contributed by atoms with Crippen LogP contribution in [0, 0.1) is 42.2 Å². The second-order valence-corrected chi connectivity index (χ2v) is 6.40. The molecule has 2 heteroatoms. The molecule has 162 valence electrons. The Balaban J connectivity index is 0. The molecule has 0 atom stereocenters. The number of aryl methyl sites for hydroxylation is 2.